The Kier molecular flexibility index (Phi) is 5.51. The average molecular weight is 263 g/mol. The molecule has 2 amide bonds. The summed E-state index contributed by atoms with van der Waals surface area (Å²) < 4.78 is 0. The van der Waals surface area contributed by atoms with E-state index in [2.05, 4.69) is 10.6 Å². The Bertz CT molecular complexity index is 432. The summed E-state index contributed by atoms with van der Waals surface area (Å²) in [6.07, 6.45) is 0. The van der Waals surface area contributed by atoms with E-state index in [1.54, 1.807) is 19.1 Å². The molecule has 5 heteroatoms. The molecule has 0 spiro atoms. The lowest BCUT2D eigenvalue weighted by Crippen LogP contribution is -2.49. The minimum Gasteiger partial charge on any atom is -0.352 e. The van der Waals surface area contributed by atoms with Gasteiger partial charge in [-0.25, -0.2) is 0 Å². The Hall–Kier alpha value is -1.88. The van der Waals surface area contributed by atoms with Crippen LogP contribution in [0.1, 0.15) is 32.4 Å². The van der Waals surface area contributed by atoms with Crippen LogP contribution in [-0.4, -0.2) is 23.9 Å². The van der Waals surface area contributed by atoms with Crippen LogP contribution in [0.5, 0.6) is 0 Å². The van der Waals surface area contributed by atoms with Gasteiger partial charge in [-0.2, -0.15) is 0 Å². The van der Waals surface area contributed by atoms with E-state index in [0.717, 1.165) is 5.56 Å². The van der Waals surface area contributed by atoms with Crippen molar-refractivity contribution >= 4 is 11.8 Å². The van der Waals surface area contributed by atoms with Gasteiger partial charge in [0.15, 0.2) is 0 Å². The molecule has 1 unspecified atom stereocenters. The summed E-state index contributed by atoms with van der Waals surface area (Å²) in [7, 11) is 0. The number of carbonyl (C=O) groups is 2. The summed E-state index contributed by atoms with van der Waals surface area (Å²) in [4.78, 5) is 23.6. The number of carbonyl (C=O) groups excluding carboxylic acids is 2. The van der Waals surface area contributed by atoms with Crippen molar-refractivity contribution in [2.45, 2.75) is 38.9 Å². The molecule has 104 valence electrons. The summed E-state index contributed by atoms with van der Waals surface area (Å²) in [6.45, 7) is 5.36. The molecular weight excluding hydrogens is 242 g/mol. The smallest absolute Gasteiger partial charge is 0.242 e. The lowest BCUT2D eigenvalue weighted by Gasteiger charge is -2.18. The minimum atomic E-state index is -0.768. The van der Waals surface area contributed by atoms with Gasteiger partial charge in [-0.15, -0.1) is 0 Å². The largest absolute Gasteiger partial charge is 0.352 e. The fourth-order valence-corrected chi connectivity index (χ4v) is 1.59. The standard InChI is InChI=1S/C14H21N3O2/c1-9(2)16-13(18)10(3)17-14(19)12(15)11-7-5-4-6-8-11/h4-10,12H,15H2,1-3H3,(H,16,18)(H,17,19)/t10?,12-/m0/s1. The van der Waals surface area contributed by atoms with Gasteiger partial charge < -0.3 is 16.4 Å². The number of amides is 2. The first-order valence-electron chi connectivity index (χ1n) is 6.33. The third kappa shape index (κ3) is 4.71. The molecule has 4 N–H and O–H groups in total. The fourth-order valence-electron chi connectivity index (χ4n) is 1.59. The van der Waals surface area contributed by atoms with Crippen LogP contribution in [-0.2, 0) is 9.59 Å². The van der Waals surface area contributed by atoms with Gasteiger partial charge in [0.2, 0.25) is 11.8 Å². The SMILES string of the molecule is CC(C)NC(=O)C(C)NC(=O)[C@@H](N)c1ccccc1. The normalized spacial score (nSPS) is 13.7. The number of nitrogens with one attached hydrogen (secondary N) is 2. The third-order valence-electron chi connectivity index (χ3n) is 2.62. The van der Waals surface area contributed by atoms with Crippen LogP contribution < -0.4 is 16.4 Å². The number of hydrogen-bond donors (Lipinski definition) is 3. The second-order valence-electron chi connectivity index (χ2n) is 4.78. The number of benzene rings is 1. The van der Waals surface area contributed by atoms with E-state index >= 15 is 0 Å². The quantitative estimate of drug-likeness (QED) is 0.731. The Morgan fingerprint density at radius 1 is 1.00 bits per heavy atom. The van der Waals surface area contributed by atoms with Gasteiger partial charge in [0.25, 0.3) is 0 Å². The van der Waals surface area contributed by atoms with E-state index in [9.17, 15) is 9.59 Å². The van der Waals surface area contributed by atoms with Crippen LogP contribution in [0.25, 0.3) is 0 Å². The van der Waals surface area contributed by atoms with Gasteiger partial charge in [0.05, 0.1) is 0 Å². The van der Waals surface area contributed by atoms with Crippen LogP contribution in [0.4, 0.5) is 0 Å². The molecule has 1 rings (SSSR count). The molecule has 0 aliphatic rings. The zero-order valence-electron chi connectivity index (χ0n) is 11.5. The summed E-state index contributed by atoms with van der Waals surface area (Å²) >= 11 is 0. The maximum absolute atomic E-state index is 11.9. The predicted molar refractivity (Wildman–Crippen MR) is 74.3 cm³/mol. The lowest BCUT2D eigenvalue weighted by molar-refractivity contribution is -0.129. The maximum Gasteiger partial charge on any atom is 0.242 e. The van der Waals surface area contributed by atoms with E-state index in [-0.39, 0.29) is 17.9 Å². The van der Waals surface area contributed by atoms with Gasteiger partial charge >= 0.3 is 0 Å². The highest BCUT2D eigenvalue weighted by Gasteiger charge is 2.21. The molecule has 0 saturated carbocycles. The van der Waals surface area contributed by atoms with E-state index < -0.39 is 12.1 Å². The van der Waals surface area contributed by atoms with Crippen LogP contribution in [0.3, 0.4) is 0 Å². The number of rotatable bonds is 5. The van der Waals surface area contributed by atoms with E-state index in [4.69, 9.17) is 5.73 Å². The number of nitrogens with two attached hydrogens (primary N) is 1. The monoisotopic (exact) mass is 263 g/mol. The molecule has 0 fully saturated rings. The molecule has 0 aromatic heterocycles. The van der Waals surface area contributed by atoms with Crippen molar-refractivity contribution in [3.05, 3.63) is 35.9 Å². The van der Waals surface area contributed by atoms with Gasteiger partial charge in [-0.1, -0.05) is 30.3 Å². The molecule has 0 aliphatic heterocycles. The van der Waals surface area contributed by atoms with E-state index in [0.29, 0.717) is 0 Å². The number of hydrogen-bond acceptors (Lipinski definition) is 3. The van der Waals surface area contributed by atoms with Gasteiger partial charge in [-0.05, 0) is 26.3 Å². The molecule has 0 bridgehead atoms. The molecule has 1 aromatic rings. The van der Waals surface area contributed by atoms with Crippen molar-refractivity contribution < 1.29 is 9.59 Å². The topological polar surface area (TPSA) is 84.2 Å². The highest BCUT2D eigenvalue weighted by molar-refractivity contribution is 5.90. The second kappa shape index (κ2) is 6.89. The van der Waals surface area contributed by atoms with Crippen molar-refractivity contribution in [2.75, 3.05) is 0 Å². The molecule has 0 heterocycles. The second-order valence-corrected chi connectivity index (χ2v) is 4.78. The first-order chi connectivity index (χ1) is 8.91. The summed E-state index contributed by atoms with van der Waals surface area (Å²) in [5.41, 5.74) is 6.56. The molecule has 0 saturated heterocycles. The van der Waals surface area contributed by atoms with Crippen LogP contribution in [0, 0.1) is 0 Å². The van der Waals surface area contributed by atoms with Crippen molar-refractivity contribution in [2.24, 2.45) is 5.73 Å². The molecular formula is C14H21N3O2. The van der Waals surface area contributed by atoms with Gasteiger partial charge in [-0.3, -0.25) is 9.59 Å². The van der Waals surface area contributed by atoms with Crippen molar-refractivity contribution in [1.82, 2.24) is 10.6 Å². The maximum atomic E-state index is 11.9. The van der Waals surface area contributed by atoms with Crippen LogP contribution in [0.2, 0.25) is 0 Å². The molecule has 1 aromatic carbocycles. The van der Waals surface area contributed by atoms with Crippen LogP contribution in [0.15, 0.2) is 30.3 Å². The summed E-state index contributed by atoms with van der Waals surface area (Å²) in [6, 6.07) is 7.71. The highest BCUT2D eigenvalue weighted by atomic mass is 16.2. The first kappa shape index (κ1) is 15.2. The lowest BCUT2D eigenvalue weighted by atomic mass is 10.1. The Morgan fingerprint density at radius 3 is 2.11 bits per heavy atom. The Labute approximate surface area is 113 Å². The van der Waals surface area contributed by atoms with Gasteiger partial charge in [0, 0.05) is 6.04 Å². The Balaban J connectivity index is 2.57. The summed E-state index contributed by atoms with van der Waals surface area (Å²) in [5, 5.41) is 5.34. The summed E-state index contributed by atoms with van der Waals surface area (Å²) in [5.74, 6) is -0.582. The van der Waals surface area contributed by atoms with E-state index in [1.165, 1.54) is 0 Å². The molecule has 0 radical (unpaired) electrons. The predicted octanol–water partition coefficient (Wildman–Crippen LogP) is 0.716. The highest BCUT2D eigenvalue weighted by Crippen LogP contribution is 2.09. The average Bonchev–Trinajstić information content (AvgIpc) is 2.37. The Morgan fingerprint density at radius 2 is 1.58 bits per heavy atom. The molecule has 0 aliphatic carbocycles. The van der Waals surface area contributed by atoms with Crippen molar-refractivity contribution in [1.29, 1.82) is 0 Å². The van der Waals surface area contributed by atoms with Crippen molar-refractivity contribution in [3.63, 3.8) is 0 Å². The van der Waals surface area contributed by atoms with Crippen molar-refractivity contribution in [3.8, 4) is 0 Å². The third-order valence-corrected chi connectivity index (χ3v) is 2.62. The van der Waals surface area contributed by atoms with Gasteiger partial charge in [0.1, 0.15) is 12.1 Å². The fraction of sp³-hybridized carbons (Fsp3) is 0.429. The van der Waals surface area contributed by atoms with E-state index in [1.807, 2.05) is 32.0 Å². The zero-order chi connectivity index (χ0) is 14.4. The molecule has 19 heavy (non-hydrogen) atoms. The zero-order valence-corrected chi connectivity index (χ0v) is 11.5. The minimum absolute atomic E-state index is 0.0367. The molecule has 2 atom stereocenters. The first-order valence-corrected chi connectivity index (χ1v) is 6.33. The van der Waals surface area contributed by atoms with Crippen LogP contribution >= 0.6 is 0 Å². The molecule has 5 nitrogen and oxygen atoms in total.